The lowest BCUT2D eigenvalue weighted by Crippen LogP contribution is -2.28. The Morgan fingerprint density at radius 2 is 1.89 bits per heavy atom. The molecule has 2 aromatic rings. The molecule has 0 unspecified atom stereocenters. The highest BCUT2D eigenvalue weighted by atomic mass is 79.9. The Morgan fingerprint density at radius 1 is 1.15 bits per heavy atom. The molecule has 0 fully saturated rings. The quantitative estimate of drug-likeness (QED) is 0.564. The van der Waals surface area contributed by atoms with E-state index >= 15 is 0 Å². The van der Waals surface area contributed by atoms with Gasteiger partial charge in [0.25, 0.3) is 5.91 Å². The maximum absolute atomic E-state index is 12.6. The van der Waals surface area contributed by atoms with Gasteiger partial charge in [0, 0.05) is 30.2 Å². The molecule has 27 heavy (non-hydrogen) atoms. The van der Waals surface area contributed by atoms with Crippen LogP contribution in [-0.2, 0) is 21.3 Å². The zero-order chi connectivity index (χ0) is 19.9. The van der Waals surface area contributed by atoms with Crippen LogP contribution in [0.5, 0.6) is 5.75 Å². The average Bonchev–Trinajstić information content (AvgIpc) is 2.66. The molecule has 2 aromatic carbocycles. The van der Waals surface area contributed by atoms with E-state index in [0.717, 1.165) is 5.56 Å². The predicted molar refractivity (Wildman–Crippen MR) is 105 cm³/mol. The number of amides is 1. The van der Waals surface area contributed by atoms with Crippen LogP contribution < -0.4 is 14.8 Å². The van der Waals surface area contributed by atoms with Crippen LogP contribution in [0.25, 0.3) is 0 Å². The monoisotopic (exact) mass is 456 g/mol. The number of benzene rings is 2. The van der Waals surface area contributed by atoms with Crippen LogP contribution in [0.3, 0.4) is 0 Å². The number of halogens is 1. The zero-order valence-corrected chi connectivity index (χ0v) is 17.4. The summed E-state index contributed by atoms with van der Waals surface area (Å²) in [5.74, 6) is 0.261. The number of sulfonamides is 1. The van der Waals surface area contributed by atoms with Gasteiger partial charge in [0.1, 0.15) is 5.75 Å². The van der Waals surface area contributed by atoms with Crippen molar-refractivity contribution in [2.45, 2.75) is 11.4 Å². The molecule has 146 valence electrons. The van der Waals surface area contributed by atoms with E-state index in [1.807, 2.05) is 18.2 Å². The van der Waals surface area contributed by atoms with Gasteiger partial charge in [0.15, 0.2) is 0 Å². The van der Waals surface area contributed by atoms with Crippen molar-refractivity contribution in [3.63, 3.8) is 0 Å². The largest absolute Gasteiger partial charge is 0.496 e. The SMILES string of the molecule is COCCNS(=O)(=O)c1ccc(Br)c(C(=O)NCc2ccccc2OC)c1. The number of rotatable bonds is 9. The first-order chi connectivity index (χ1) is 12.9. The van der Waals surface area contributed by atoms with E-state index in [2.05, 4.69) is 26.0 Å². The molecule has 0 aliphatic carbocycles. The summed E-state index contributed by atoms with van der Waals surface area (Å²) < 4.78 is 37.7. The highest BCUT2D eigenvalue weighted by Crippen LogP contribution is 2.22. The van der Waals surface area contributed by atoms with E-state index < -0.39 is 15.9 Å². The maximum atomic E-state index is 12.6. The topological polar surface area (TPSA) is 93.7 Å². The fourth-order valence-electron chi connectivity index (χ4n) is 2.33. The molecule has 0 saturated carbocycles. The Balaban J connectivity index is 2.16. The van der Waals surface area contributed by atoms with E-state index in [9.17, 15) is 13.2 Å². The number of hydrogen-bond donors (Lipinski definition) is 2. The average molecular weight is 457 g/mol. The summed E-state index contributed by atoms with van der Waals surface area (Å²) in [5.41, 5.74) is 1.04. The van der Waals surface area contributed by atoms with Crippen molar-refractivity contribution >= 4 is 31.9 Å². The lowest BCUT2D eigenvalue weighted by molar-refractivity contribution is 0.0949. The summed E-state index contributed by atoms with van der Waals surface area (Å²) in [6.45, 7) is 0.643. The molecule has 7 nitrogen and oxygen atoms in total. The first kappa shape index (κ1) is 21.4. The lowest BCUT2D eigenvalue weighted by Gasteiger charge is -2.12. The second-order valence-corrected chi connectivity index (χ2v) is 8.15. The van der Waals surface area contributed by atoms with Crippen LogP contribution in [-0.4, -0.2) is 41.7 Å². The van der Waals surface area contributed by atoms with Crippen molar-refractivity contribution in [3.05, 3.63) is 58.1 Å². The molecule has 1 amide bonds. The molecule has 0 saturated heterocycles. The number of para-hydroxylation sites is 1. The van der Waals surface area contributed by atoms with Crippen molar-refractivity contribution in [2.24, 2.45) is 0 Å². The van der Waals surface area contributed by atoms with Crippen LogP contribution in [0.2, 0.25) is 0 Å². The Hall–Kier alpha value is -1.94. The fourth-order valence-corrected chi connectivity index (χ4v) is 3.79. The fraction of sp³-hybridized carbons (Fsp3) is 0.278. The summed E-state index contributed by atoms with van der Waals surface area (Å²) in [7, 11) is -0.692. The van der Waals surface area contributed by atoms with Crippen LogP contribution in [0.4, 0.5) is 0 Å². The van der Waals surface area contributed by atoms with Crippen molar-refractivity contribution < 1.29 is 22.7 Å². The minimum atomic E-state index is -3.73. The third kappa shape index (κ3) is 5.77. The van der Waals surface area contributed by atoms with E-state index in [4.69, 9.17) is 9.47 Å². The van der Waals surface area contributed by atoms with Gasteiger partial charge in [-0.3, -0.25) is 4.79 Å². The van der Waals surface area contributed by atoms with E-state index in [1.54, 1.807) is 13.2 Å². The molecule has 0 bridgehead atoms. The van der Waals surface area contributed by atoms with Gasteiger partial charge < -0.3 is 14.8 Å². The van der Waals surface area contributed by atoms with Crippen LogP contribution in [0.1, 0.15) is 15.9 Å². The van der Waals surface area contributed by atoms with Crippen molar-refractivity contribution in [3.8, 4) is 5.75 Å². The van der Waals surface area contributed by atoms with Gasteiger partial charge >= 0.3 is 0 Å². The first-order valence-electron chi connectivity index (χ1n) is 8.07. The van der Waals surface area contributed by atoms with E-state index in [0.29, 0.717) is 10.2 Å². The van der Waals surface area contributed by atoms with Gasteiger partial charge in [-0.05, 0) is 40.2 Å². The van der Waals surface area contributed by atoms with E-state index in [1.165, 1.54) is 25.3 Å². The molecule has 0 atom stereocenters. The maximum Gasteiger partial charge on any atom is 0.252 e. The number of carbonyl (C=O) groups is 1. The number of carbonyl (C=O) groups excluding carboxylic acids is 1. The summed E-state index contributed by atoms with van der Waals surface area (Å²) in [6.07, 6.45) is 0. The molecular formula is C18H21BrN2O5S. The standard InChI is InChI=1S/C18H21BrN2O5S/c1-25-10-9-21-27(23,24)14-7-8-16(19)15(11-14)18(22)20-12-13-5-3-4-6-17(13)26-2/h3-8,11,21H,9-10,12H2,1-2H3,(H,20,22). The number of hydrogen-bond acceptors (Lipinski definition) is 5. The number of ether oxygens (including phenoxy) is 2. The molecule has 0 radical (unpaired) electrons. The van der Waals surface area contributed by atoms with E-state index in [-0.39, 0.29) is 30.2 Å². The van der Waals surface area contributed by atoms with Crippen LogP contribution >= 0.6 is 15.9 Å². The molecule has 0 aromatic heterocycles. The molecule has 2 rings (SSSR count). The smallest absolute Gasteiger partial charge is 0.252 e. The van der Waals surface area contributed by atoms with Gasteiger partial charge in [0.2, 0.25) is 10.0 Å². The molecule has 0 aliphatic rings. The highest BCUT2D eigenvalue weighted by Gasteiger charge is 2.18. The molecular weight excluding hydrogens is 436 g/mol. The normalized spacial score (nSPS) is 11.2. The third-order valence-corrected chi connectivity index (χ3v) is 5.87. The molecule has 9 heteroatoms. The van der Waals surface area contributed by atoms with Gasteiger partial charge in [-0.2, -0.15) is 0 Å². The zero-order valence-electron chi connectivity index (χ0n) is 15.0. The van der Waals surface area contributed by atoms with Gasteiger partial charge in [-0.15, -0.1) is 0 Å². The molecule has 0 heterocycles. The number of nitrogens with one attached hydrogen (secondary N) is 2. The lowest BCUT2D eigenvalue weighted by atomic mass is 10.1. The van der Waals surface area contributed by atoms with Crippen LogP contribution in [0, 0.1) is 0 Å². The van der Waals surface area contributed by atoms with Gasteiger partial charge in [-0.25, -0.2) is 13.1 Å². The summed E-state index contributed by atoms with van der Waals surface area (Å²) in [6, 6.07) is 11.6. The number of methoxy groups -OCH3 is 2. The molecule has 0 spiro atoms. The van der Waals surface area contributed by atoms with Gasteiger partial charge in [-0.1, -0.05) is 18.2 Å². The summed E-state index contributed by atoms with van der Waals surface area (Å²) in [4.78, 5) is 12.6. The second-order valence-electron chi connectivity index (χ2n) is 5.53. The van der Waals surface area contributed by atoms with Crippen LogP contribution in [0.15, 0.2) is 51.8 Å². The summed E-state index contributed by atoms with van der Waals surface area (Å²) in [5, 5.41) is 2.78. The summed E-state index contributed by atoms with van der Waals surface area (Å²) >= 11 is 3.30. The minimum absolute atomic E-state index is 0.00393. The Labute approximate surface area is 167 Å². The third-order valence-electron chi connectivity index (χ3n) is 3.72. The first-order valence-corrected chi connectivity index (χ1v) is 10.3. The Kier molecular flexibility index (Phi) is 7.78. The van der Waals surface area contributed by atoms with Crippen molar-refractivity contribution in [2.75, 3.05) is 27.4 Å². The molecule has 2 N–H and O–H groups in total. The molecule has 0 aliphatic heterocycles. The highest BCUT2D eigenvalue weighted by molar-refractivity contribution is 9.10. The Bertz CT molecular complexity index is 902. The van der Waals surface area contributed by atoms with Crippen molar-refractivity contribution in [1.82, 2.24) is 10.0 Å². The van der Waals surface area contributed by atoms with Crippen molar-refractivity contribution in [1.29, 1.82) is 0 Å². The van der Waals surface area contributed by atoms with Gasteiger partial charge in [0.05, 0.1) is 24.2 Å². The second kappa shape index (κ2) is 9.84. The predicted octanol–water partition coefficient (Wildman–Crippen LogP) is 2.31. The minimum Gasteiger partial charge on any atom is -0.496 e. The Morgan fingerprint density at radius 3 is 2.59 bits per heavy atom.